The SMILES string of the molecule is Cc1ccc(-c2csc(NC(=O)C3(c4ccccc4)CC3)n2)cc1. The predicted octanol–water partition coefficient (Wildman–Crippen LogP) is 4.79. The molecule has 1 aromatic heterocycles. The molecule has 24 heavy (non-hydrogen) atoms. The number of aromatic nitrogens is 1. The van der Waals surface area contributed by atoms with Crippen LogP contribution in [0.5, 0.6) is 0 Å². The first-order valence-electron chi connectivity index (χ1n) is 8.07. The molecule has 1 aliphatic rings. The Balaban J connectivity index is 1.52. The molecule has 120 valence electrons. The van der Waals surface area contributed by atoms with Crippen molar-refractivity contribution in [3.8, 4) is 11.3 Å². The van der Waals surface area contributed by atoms with Crippen LogP contribution >= 0.6 is 11.3 Å². The third-order valence-corrected chi connectivity index (χ3v) is 5.34. The first-order chi connectivity index (χ1) is 11.7. The van der Waals surface area contributed by atoms with E-state index in [1.807, 2.05) is 35.7 Å². The van der Waals surface area contributed by atoms with Gasteiger partial charge in [0.1, 0.15) is 0 Å². The highest BCUT2D eigenvalue weighted by Crippen LogP contribution is 2.49. The quantitative estimate of drug-likeness (QED) is 0.745. The van der Waals surface area contributed by atoms with Crippen molar-refractivity contribution in [2.45, 2.75) is 25.2 Å². The molecule has 0 spiro atoms. The molecular formula is C20H18N2OS. The summed E-state index contributed by atoms with van der Waals surface area (Å²) in [5.74, 6) is 0.0542. The van der Waals surface area contributed by atoms with E-state index < -0.39 is 0 Å². The van der Waals surface area contributed by atoms with Gasteiger partial charge >= 0.3 is 0 Å². The molecule has 1 N–H and O–H groups in total. The minimum Gasteiger partial charge on any atom is -0.301 e. The van der Waals surface area contributed by atoms with Crippen LogP contribution in [0.2, 0.25) is 0 Å². The summed E-state index contributed by atoms with van der Waals surface area (Å²) in [6.07, 6.45) is 1.80. The van der Waals surface area contributed by atoms with Gasteiger partial charge in [0, 0.05) is 10.9 Å². The number of amides is 1. The minimum atomic E-state index is -0.364. The Morgan fingerprint density at radius 3 is 2.46 bits per heavy atom. The standard InChI is InChI=1S/C20H18N2OS/c1-14-7-9-15(10-8-14)17-13-24-19(21-17)22-18(23)20(11-12-20)16-5-3-2-4-6-16/h2-10,13H,11-12H2,1H3,(H,21,22,23). The predicted molar refractivity (Wildman–Crippen MR) is 98.3 cm³/mol. The summed E-state index contributed by atoms with van der Waals surface area (Å²) in [6, 6.07) is 18.3. The van der Waals surface area contributed by atoms with Crippen LogP contribution in [0.1, 0.15) is 24.0 Å². The first kappa shape index (κ1) is 15.1. The van der Waals surface area contributed by atoms with Crippen LogP contribution in [0.3, 0.4) is 0 Å². The number of hydrogen-bond donors (Lipinski definition) is 1. The zero-order chi connectivity index (χ0) is 16.6. The van der Waals surface area contributed by atoms with Gasteiger partial charge in [0.05, 0.1) is 11.1 Å². The smallest absolute Gasteiger partial charge is 0.236 e. The second kappa shape index (κ2) is 5.87. The molecule has 0 unspecified atom stereocenters. The lowest BCUT2D eigenvalue weighted by Gasteiger charge is -2.14. The maximum Gasteiger partial charge on any atom is 0.236 e. The summed E-state index contributed by atoms with van der Waals surface area (Å²) < 4.78 is 0. The molecule has 4 heteroatoms. The molecule has 3 aromatic rings. The van der Waals surface area contributed by atoms with Crippen molar-refractivity contribution in [3.05, 3.63) is 71.1 Å². The molecule has 0 bridgehead atoms. The zero-order valence-electron chi connectivity index (χ0n) is 13.5. The molecule has 1 heterocycles. The number of nitrogens with one attached hydrogen (secondary N) is 1. The lowest BCUT2D eigenvalue weighted by molar-refractivity contribution is -0.118. The van der Waals surface area contributed by atoms with Crippen molar-refractivity contribution in [1.82, 2.24) is 4.98 Å². The molecule has 3 nitrogen and oxygen atoms in total. The van der Waals surface area contributed by atoms with Crippen LogP contribution in [0.4, 0.5) is 5.13 Å². The number of nitrogens with zero attached hydrogens (tertiary/aromatic N) is 1. The average Bonchev–Trinajstić information content (AvgIpc) is 3.31. The molecule has 0 radical (unpaired) electrons. The molecule has 1 aliphatic carbocycles. The molecule has 2 aromatic carbocycles. The van der Waals surface area contributed by atoms with Gasteiger partial charge in [-0.05, 0) is 25.3 Å². The zero-order valence-corrected chi connectivity index (χ0v) is 14.3. The molecule has 0 atom stereocenters. The van der Waals surface area contributed by atoms with Crippen molar-refractivity contribution >= 4 is 22.4 Å². The average molecular weight is 334 g/mol. The number of rotatable bonds is 4. The highest BCUT2D eigenvalue weighted by atomic mass is 32.1. The number of benzene rings is 2. The fourth-order valence-corrected chi connectivity index (χ4v) is 3.65. The van der Waals surface area contributed by atoms with E-state index in [-0.39, 0.29) is 11.3 Å². The van der Waals surface area contributed by atoms with Gasteiger partial charge in [-0.25, -0.2) is 4.98 Å². The second-order valence-corrected chi connectivity index (χ2v) is 7.16. The third kappa shape index (κ3) is 2.74. The van der Waals surface area contributed by atoms with Crippen molar-refractivity contribution in [3.63, 3.8) is 0 Å². The number of hydrogen-bond acceptors (Lipinski definition) is 3. The lowest BCUT2D eigenvalue weighted by Crippen LogP contribution is -2.27. The van der Waals surface area contributed by atoms with E-state index in [1.54, 1.807) is 0 Å². The van der Waals surface area contributed by atoms with Gasteiger partial charge in [-0.2, -0.15) is 0 Å². The van der Waals surface area contributed by atoms with E-state index in [9.17, 15) is 4.79 Å². The first-order valence-corrected chi connectivity index (χ1v) is 8.95. The minimum absolute atomic E-state index is 0.0542. The number of carbonyl (C=O) groups excluding carboxylic acids is 1. The molecule has 0 saturated heterocycles. The number of anilines is 1. The molecule has 1 amide bonds. The van der Waals surface area contributed by atoms with Crippen molar-refractivity contribution in [2.75, 3.05) is 5.32 Å². The Morgan fingerprint density at radius 2 is 1.79 bits per heavy atom. The third-order valence-electron chi connectivity index (χ3n) is 4.58. The van der Waals surface area contributed by atoms with Gasteiger partial charge in [-0.1, -0.05) is 60.2 Å². The normalized spacial score (nSPS) is 15.0. The van der Waals surface area contributed by atoms with Crippen molar-refractivity contribution in [1.29, 1.82) is 0 Å². The summed E-state index contributed by atoms with van der Waals surface area (Å²) in [5, 5.41) is 5.67. The van der Waals surface area contributed by atoms with E-state index in [2.05, 4.69) is 41.5 Å². The van der Waals surface area contributed by atoms with Gasteiger partial charge in [0.2, 0.25) is 5.91 Å². The summed E-state index contributed by atoms with van der Waals surface area (Å²) >= 11 is 1.47. The maximum atomic E-state index is 12.7. The van der Waals surface area contributed by atoms with Crippen LogP contribution in [-0.4, -0.2) is 10.9 Å². The summed E-state index contributed by atoms with van der Waals surface area (Å²) in [5.41, 5.74) is 3.93. The molecular weight excluding hydrogens is 316 g/mol. The summed E-state index contributed by atoms with van der Waals surface area (Å²) in [4.78, 5) is 17.3. The van der Waals surface area contributed by atoms with E-state index in [4.69, 9.17) is 0 Å². The van der Waals surface area contributed by atoms with Crippen LogP contribution in [0.25, 0.3) is 11.3 Å². The number of thiazole rings is 1. The Morgan fingerprint density at radius 1 is 1.08 bits per heavy atom. The molecule has 0 aliphatic heterocycles. The Hall–Kier alpha value is -2.46. The topological polar surface area (TPSA) is 42.0 Å². The van der Waals surface area contributed by atoms with E-state index in [0.717, 1.165) is 29.7 Å². The maximum absolute atomic E-state index is 12.7. The summed E-state index contributed by atoms with van der Waals surface area (Å²) in [6.45, 7) is 2.06. The Bertz CT molecular complexity index is 864. The number of aryl methyl sites for hydroxylation is 1. The van der Waals surface area contributed by atoms with Crippen LogP contribution in [0, 0.1) is 6.92 Å². The fourth-order valence-electron chi connectivity index (χ4n) is 2.93. The van der Waals surface area contributed by atoms with E-state index in [1.165, 1.54) is 16.9 Å². The van der Waals surface area contributed by atoms with Gasteiger partial charge in [-0.15, -0.1) is 11.3 Å². The number of carbonyl (C=O) groups is 1. The Labute approximate surface area is 145 Å². The lowest BCUT2D eigenvalue weighted by atomic mass is 9.95. The van der Waals surface area contributed by atoms with Crippen LogP contribution in [0.15, 0.2) is 60.0 Å². The van der Waals surface area contributed by atoms with Crippen molar-refractivity contribution in [2.24, 2.45) is 0 Å². The second-order valence-electron chi connectivity index (χ2n) is 6.31. The monoisotopic (exact) mass is 334 g/mol. The fraction of sp³-hybridized carbons (Fsp3) is 0.200. The van der Waals surface area contributed by atoms with Gasteiger partial charge in [0.25, 0.3) is 0 Å². The largest absolute Gasteiger partial charge is 0.301 e. The van der Waals surface area contributed by atoms with Gasteiger partial charge in [-0.3, -0.25) is 4.79 Å². The van der Waals surface area contributed by atoms with Gasteiger partial charge in [0.15, 0.2) is 5.13 Å². The van der Waals surface area contributed by atoms with Crippen LogP contribution < -0.4 is 5.32 Å². The highest BCUT2D eigenvalue weighted by Gasteiger charge is 2.51. The summed E-state index contributed by atoms with van der Waals surface area (Å²) in [7, 11) is 0. The van der Waals surface area contributed by atoms with Gasteiger partial charge < -0.3 is 5.32 Å². The van der Waals surface area contributed by atoms with E-state index in [0.29, 0.717) is 5.13 Å². The van der Waals surface area contributed by atoms with E-state index >= 15 is 0 Å². The highest BCUT2D eigenvalue weighted by molar-refractivity contribution is 7.14. The Kier molecular flexibility index (Phi) is 3.69. The van der Waals surface area contributed by atoms with Crippen molar-refractivity contribution < 1.29 is 4.79 Å². The molecule has 4 rings (SSSR count). The molecule has 1 saturated carbocycles. The molecule has 1 fully saturated rings. The van der Waals surface area contributed by atoms with Crippen LogP contribution in [-0.2, 0) is 10.2 Å².